The number of carbonyl (C=O) groups excluding carboxylic acids is 2. The number of aldehydes is 1. The van der Waals surface area contributed by atoms with Crippen molar-refractivity contribution >= 4 is 12.2 Å². The van der Waals surface area contributed by atoms with Gasteiger partial charge in [-0.15, -0.1) is 0 Å². The van der Waals surface area contributed by atoms with Crippen LogP contribution in [-0.2, 0) is 9.59 Å². The zero-order chi connectivity index (χ0) is 12.0. The van der Waals surface area contributed by atoms with Crippen molar-refractivity contribution < 1.29 is 9.59 Å². The third-order valence-corrected chi connectivity index (χ3v) is 3.78. The molecule has 0 aromatic rings. The molecule has 4 heteroatoms. The lowest BCUT2D eigenvalue weighted by molar-refractivity contribution is -0.121. The first-order chi connectivity index (χ1) is 8.19. The highest BCUT2D eigenvalue weighted by Gasteiger charge is 2.40. The highest BCUT2D eigenvalue weighted by molar-refractivity contribution is 5.81. The molecule has 17 heavy (non-hydrogen) atoms. The zero-order valence-electron chi connectivity index (χ0n) is 9.90. The number of carbonyl (C=O) groups is 2. The minimum Gasteiger partial charge on any atom is -0.364 e. The first-order valence-corrected chi connectivity index (χ1v) is 6.12. The summed E-state index contributed by atoms with van der Waals surface area (Å²) in [6, 6.07) is 0. The fourth-order valence-electron chi connectivity index (χ4n) is 3.18. The van der Waals surface area contributed by atoms with Gasteiger partial charge < -0.3 is 15.0 Å². The lowest BCUT2D eigenvalue weighted by Gasteiger charge is -2.28. The summed E-state index contributed by atoms with van der Waals surface area (Å²) in [6.45, 7) is 3.38. The van der Waals surface area contributed by atoms with Crippen LogP contribution in [0.25, 0.3) is 0 Å². The van der Waals surface area contributed by atoms with Crippen LogP contribution in [-0.4, -0.2) is 30.2 Å². The maximum Gasteiger partial charge on any atom is 0.224 e. The van der Waals surface area contributed by atoms with Gasteiger partial charge in [0.1, 0.15) is 6.29 Å². The van der Waals surface area contributed by atoms with Crippen molar-refractivity contribution in [2.24, 2.45) is 11.8 Å². The number of nitrogens with zero attached hydrogens (tertiary/aromatic N) is 1. The summed E-state index contributed by atoms with van der Waals surface area (Å²) in [7, 11) is 0. The van der Waals surface area contributed by atoms with Gasteiger partial charge in [-0.3, -0.25) is 4.79 Å². The molecule has 0 radical (unpaired) electrons. The van der Waals surface area contributed by atoms with Gasteiger partial charge in [-0.25, -0.2) is 0 Å². The van der Waals surface area contributed by atoms with Gasteiger partial charge in [-0.2, -0.15) is 0 Å². The second kappa shape index (κ2) is 3.72. The molecule has 0 bridgehead atoms. The molecule has 90 valence electrons. The first kappa shape index (κ1) is 10.6. The second-order valence-corrected chi connectivity index (χ2v) is 5.15. The molecule has 1 fully saturated rings. The number of hydrogen-bond acceptors (Lipinski definition) is 3. The average molecular weight is 232 g/mol. The predicted molar refractivity (Wildman–Crippen MR) is 62.8 cm³/mol. The van der Waals surface area contributed by atoms with Crippen molar-refractivity contribution in [3.8, 4) is 0 Å². The molecular formula is C13H16N2O2. The highest BCUT2D eigenvalue weighted by atomic mass is 16.1. The van der Waals surface area contributed by atoms with Crippen LogP contribution in [0.4, 0.5) is 0 Å². The molecule has 1 aliphatic carbocycles. The minimum atomic E-state index is 0.121. The fourth-order valence-corrected chi connectivity index (χ4v) is 3.18. The molecule has 0 aromatic heterocycles. The van der Waals surface area contributed by atoms with Crippen LogP contribution in [0.1, 0.15) is 19.8 Å². The van der Waals surface area contributed by atoms with Crippen molar-refractivity contribution in [2.75, 3.05) is 13.1 Å². The molecule has 0 spiro atoms. The van der Waals surface area contributed by atoms with E-state index >= 15 is 0 Å². The van der Waals surface area contributed by atoms with E-state index in [-0.39, 0.29) is 11.8 Å². The van der Waals surface area contributed by atoms with E-state index in [4.69, 9.17) is 0 Å². The molecule has 3 rings (SSSR count). The van der Waals surface area contributed by atoms with Crippen LogP contribution in [0.15, 0.2) is 23.0 Å². The van der Waals surface area contributed by atoms with E-state index in [1.165, 1.54) is 11.3 Å². The van der Waals surface area contributed by atoms with Gasteiger partial charge in [0, 0.05) is 30.3 Å². The Morgan fingerprint density at radius 3 is 3.12 bits per heavy atom. The third kappa shape index (κ3) is 1.59. The molecule has 4 nitrogen and oxygen atoms in total. The van der Waals surface area contributed by atoms with Crippen molar-refractivity contribution in [2.45, 2.75) is 19.8 Å². The third-order valence-electron chi connectivity index (χ3n) is 3.78. The normalized spacial score (nSPS) is 31.0. The topological polar surface area (TPSA) is 49.4 Å². The van der Waals surface area contributed by atoms with Crippen LogP contribution < -0.4 is 5.32 Å². The van der Waals surface area contributed by atoms with Crippen molar-refractivity contribution in [3.63, 3.8) is 0 Å². The summed E-state index contributed by atoms with van der Waals surface area (Å²) in [6.07, 6.45) is 4.64. The van der Waals surface area contributed by atoms with Gasteiger partial charge in [-0.05, 0) is 17.9 Å². The van der Waals surface area contributed by atoms with Crippen LogP contribution in [0.5, 0.6) is 0 Å². The molecule has 2 atom stereocenters. The Morgan fingerprint density at radius 2 is 2.35 bits per heavy atom. The maximum atomic E-state index is 11.6. The molecule has 3 aliphatic rings. The average Bonchev–Trinajstić information content (AvgIpc) is 2.57. The maximum absolute atomic E-state index is 11.6. The van der Waals surface area contributed by atoms with Crippen molar-refractivity contribution in [1.29, 1.82) is 0 Å². The lowest BCUT2D eigenvalue weighted by Crippen LogP contribution is -2.34. The number of hydrogen-bond donors (Lipinski definition) is 1. The Balaban J connectivity index is 2.02. The summed E-state index contributed by atoms with van der Waals surface area (Å²) >= 11 is 0. The molecule has 1 amide bonds. The van der Waals surface area contributed by atoms with Crippen LogP contribution in [0.3, 0.4) is 0 Å². The number of nitrogens with one attached hydrogen (secondary N) is 1. The van der Waals surface area contributed by atoms with Gasteiger partial charge >= 0.3 is 0 Å². The smallest absolute Gasteiger partial charge is 0.224 e. The number of amides is 1. The Bertz CT molecular complexity index is 450. The molecule has 2 unspecified atom stereocenters. The zero-order valence-corrected chi connectivity index (χ0v) is 9.90. The van der Waals surface area contributed by atoms with E-state index in [9.17, 15) is 9.59 Å². The Labute approximate surface area is 100 Å². The summed E-state index contributed by atoms with van der Waals surface area (Å²) in [5, 5.41) is 3.00. The molecule has 2 aliphatic heterocycles. The SMILES string of the molecule is CC1C=C2C3=C(C1)NC(=O)CC3CN2CC=O. The van der Waals surface area contributed by atoms with Gasteiger partial charge in [0.25, 0.3) is 0 Å². The molecule has 0 saturated carbocycles. The monoisotopic (exact) mass is 232 g/mol. The Morgan fingerprint density at radius 1 is 1.53 bits per heavy atom. The fraction of sp³-hybridized carbons (Fsp3) is 0.538. The standard InChI is InChI=1S/C13H16N2O2/c1-8-4-10-13-9(6-12(17)14-10)7-15(2-3-16)11(13)5-8/h3,5,8-9H,2,4,6-7H2,1H3,(H,14,17). The summed E-state index contributed by atoms with van der Waals surface area (Å²) in [5.41, 5.74) is 3.55. The number of likely N-dealkylation sites (tertiary alicyclic amines) is 1. The minimum absolute atomic E-state index is 0.121. The van der Waals surface area contributed by atoms with Gasteiger partial charge in [0.15, 0.2) is 0 Å². The molecule has 1 saturated heterocycles. The van der Waals surface area contributed by atoms with Crippen LogP contribution in [0.2, 0.25) is 0 Å². The largest absolute Gasteiger partial charge is 0.364 e. The second-order valence-electron chi connectivity index (χ2n) is 5.15. The van der Waals surface area contributed by atoms with E-state index in [1.54, 1.807) is 0 Å². The van der Waals surface area contributed by atoms with Crippen LogP contribution in [0, 0.1) is 11.8 Å². The van der Waals surface area contributed by atoms with Crippen LogP contribution >= 0.6 is 0 Å². The Kier molecular flexibility index (Phi) is 2.31. The van der Waals surface area contributed by atoms with E-state index in [1.807, 2.05) is 0 Å². The van der Waals surface area contributed by atoms with Crippen molar-refractivity contribution in [3.05, 3.63) is 23.0 Å². The molecule has 2 heterocycles. The van der Waals surface area contributed by atoms with Gasteiger partial charge in [0.2, 0.25) is 5.91 Å². The highest BCUT2D eigenvalue weighted by Crippen LogP contribution is 2.43. The van der Waals surface area contributed by atoms with Crippen molar-refractivity contribution in [1.82, 2.24) is 10.2 Å². The predicted octanol–water partition coefficient (Wildman–Crippen LogP) is 0.815. The van der Waals surface area contributed by atoms with E-state index in [0.717, 1.165) is 24.9 Å². The molecule has 1 N–H and O–H groups in total. The number of allylic oxidation sites excluding steroid dienone is 3. The molecule has 0 aromatic carbocycles. The summed E-state index contributed by atoms with van der Waals surface area (Å²) in [5.74, 6) is 0.836. The van der Waals surface area contributed by atoms with Gasteiger partial charge in [-0.1, -0.05) is 13.0 Å². The molecular weight excluding hydrogens is 216 g/mol. The first-order valence-electron chi connectivity index (χ1n) is 6.12. The van der Waals surface area contributed by atoms with Gasteiger partial charge in [0.05, 0.1) is 6.54 Å². The summed E-state index contributed by atoms with van der Waals surface area (Å²) < 4.78 is 0. The Hall–Kier alpha value is -1.58. The van der Waals surface area contributed by atoms with E-state index in [2.05, 4.69) is 23.2 Å². The van der Waals surface area contributed by atoms with E-state index < -0.39 is 0 Å². The number of rotatable bonds is 2. The summed E-state index contributed by atoms with van der Waals surface area (Å²) in [4.78, 5) is 24.4. The quantitative estimate of drug-likeness (QED) is 0.717. The van der Waals surface area contributed by atoms with E-state index in [0.29, 0.717) is 18.9 Å². The lowest BCUT2D eigenvalue weighted by atomic mass is 9.84.